The predicted octanol–water partition coefficient (Wildman–Crippen LogP) is 0.188. The van der Waals surface area contributed by atoms with Gasteiger partial charge in [-0.3, -0.25) is 4.79 Å². The van der Waals surface area contributed by atoms with Crippen LogP contribution in [0.2, 0.25) is 0 Å². The van der Waals surface area contributed by atoms with Crippen LogP contribution in [0.1, 0.15) is 70.6 Å². The minimum absolute atomic E-state index is 0.196. The molecular formula is C22H39N3O+2. The first kappa shape index (κ1) is 17.5. The summed E-state index contributed by atoms with van der Waals surface area (Å²) in [6.07, 6.45) is 15.1. The van der Waals surface area contributed by atoms with Crippen LogP contribution in [0.25, 0.3) is 0 Å². The van der Waals surface area contributed by atoms with Gasteiger partial charge in [-0.2, -0.15) is 0 Å². The van der Waals surface area contributed by atoms with Crippen molar-refractivity contribution < 1.29 is 14.6 Å². The molecular weight excluding hydrogens is 322 g/mol. The third-order valence-corrected chi connectivity index (χ3v) is 8.62. The summed E-state index contributed by atoms with van der Waals surface area (Å²) < 4.78 is 0. The SMILES string of the molecule is O=C(C[NH+]1CCC([NH+]2CCCCC2)CC1)NC12CC3CC(CC(C3)C1)C2. The van der Waals surface area contributed by atoms with Gasteiger partial charge in [0.05, 0.1) is 32.2 Å². The van der Waals surface area contributed by atoms with Crippen LogP contribution in [0.5, 0.6) is 0 Å². The first-order valence-corrected chi connectivity index (χ1v) is 11.7. The van der Waals surface area contributed by atoms with Crippen molar-refractivity contribution in [2.45, 2.75) is 82.2 Å². The van der Waals surface area contributed by atoms with Crippen molar-refractivity contribution in [3.8, 4) is 0 Å². The van der Waals surface area contributed by atoms with Crippen molar-refractivity contribution in [1.82, 2.24) is 5.32 Å². The Bertz CT molecular complexity index is 484. The number of likely N-dealkylation sites (tertiary alicyclic amines) is 2. The average molecular weight is 362 g/mol. The van der Waals surface area contributed by atoms with Crippen LogP contribution in [-0.2, 0) is 4.79 Å². The van der Waals surface area contributed by atoms with E-state index in [4.69, 9.17) is 0 Å². The van der Waals surface area contributed by atoms with E-state index in [1.807, 2.05) is 4.90 Å². The Balaban J connectivity index is 1.10. The maximum atomic E-state index is 12.8. The maximum absolute atomic E-state index is 12.8. The highest BCUT2D eigenvalue weighted by molar-refractivity contribution is 5.77. The second-order valence-electron chi connectivity index (χ2n) is 10.7. The molecule has 6 rings (SSSR count). The van der Waals surface area contributed by atoms with Gasteiger partial charge < -0.3 is 15.1 Å². The predicted molar refractivity (Wildman–Crippen MR) is 102 cm³/mol. The fourth-order valence-electron chi connectivity index (χ4n) is 7.86. The summed E-state index contributed by atoms with van der Waals surface area (Å²) in [5.74, 6) is 3.09. The highest BCUT2D eigenvalue weighted by Crippen LogP contribution is 2.55. The number of nitrogens with one attached hydrogen (secondary N) is 3. The first-order valence-electron chi connectivity index (χ1n) is 11.7. The number of piperidine rings is 2. The molecule has 6 fully saturated rings. The Morgan fingerprint density at radius 1 is 0.846 bits per heavy atom. The molecule has 4 heteroatoms. The Labute approximate surface area is 159 Å². The molecule has 2 saturated heterocycles. The number of hydrogen-bond acceptors (Lipinski definition) is 1. The van der Waals surface area contributed by atoms with Crippen molar-refractivity contribution in [3.63, 3.8) is 0 Å². The summed E-state index contributed by atoms with van der Waals surface area (Å²) in [5.41, 5.74) is 0.196. The van der Waals surface area contributed by atoms with Crippen molar-refractivity contribution in [1.29, 1.82) is 0 Å². The summed E-state index contributed by atoms with van der Waals surface area (Å²) in [5, 5.41) is 3.58. The second kappa shape index (κ2) is 7.09. The zero-order chi connectivity index (χ0) is 17.6. The number of hydrogen-bond donors (Lipinski definition) is 3. The van der Waals surface area contributed by atoms with Gasteiger partial charge in [0.25, 0.3) is 5.91 Å². The van der Waals surface area contributed by atoms with Gasteiger partial charge in [0.1, 0.15) is 0 Å². The number of carbonyl (C=O) groups is 1. The van der Waals surface area contributed by atoms with E-state index in [2.05, 4.69) is 5.32 Å². The van der Waals surface area contributed by atoms with Crippen LogP contribution >= 0.6 is 0 Å². The lowest BCUT2D eigenvalue weighted by atomic mass is 9.53. The molecule has 0 unspecified atom stereocenters. The van der Waals surface area contributed by atoms with Crippen molar-refractivity contribution in [3.05, 3.63) is 0 Å². The normalized spacial score (nSPS) is 45.6. The molecule has 0 atom stereocenters. The lowest BCUT2D eigenvalue weighted by molar-refractivity contribution is -0.958. The highest BCUT2D eigenvalue weighted by Gasteiger charge is 2.51. The van der Waals surface area contributed by atoms with Crippen LogP contribution in [0.3, 0.4) is 0 Å². The largest absolute Gasteiger partial charge is 0.346 e. The molecule has 0 aromatic rings. The van der Waals surface area contributed by atoms with Crippen LogP contribution < -0.4 is 15.1 Å². The average Bonchev–Trinajstić information content (AvgIpc) is 2.61. The molecule has 0 aromatic carbocycles. The van der Waals surface area contributed by atoms with Crippen molar-refractivity contribution >= 4 is 5.91 Å². The third kappa shape index (κ3) is 3.56. The van der Waals surface area contributed by atoms with E-state index < -0.39 is 0 Å². The van der Waals surface area contributed by atoms with Crippen LogP contribution in [0.4, 0.5) is 0 Å². The molecule has 146 valence electrons. The molecule has 4 aliphatic carbocycles. The van der Waals surface area contributed by atoms with E-state index >= 15 is 0 Å². The lowest BCUT2D eigenvalue weighted by Gasteiger charge is -2.56. The van der Waals surface area contributed by atoms with Crippen LogP contribution in [0.15, 0.2) is 0 Å². The molecule has 0 spiro atoms. The van der Waals surface area contributed by atoms with Gasteiger partial charge in [-0.25, -0.2) is 0 Å². The Kier molecular flexibility index (Phi) is 4.77. The maximum Gasteiger partial charge on any atom is 0.275 e. The molecule has 2 aliphatic heterocycles. The van der Waals surface area contributed by atoms with Gasteiger partial charge in [-0.15, -0.1) is 0 Å². The van der Waals surface area contributed by atoms with E-state index in [0.717, 1.165) is 30.3 Å². The number of rotatable bonds is 4. The van der Waals surface area contributed by atoms with Crippen molar-refractivity contribution in [2.75, 3.05) is 32.7 Å². The Morgan fingerprint density at radius 2 is 1.42 bits per heavy atom. The van der Waals surface area contributed by atoms with Gasteiger partial charge in [0.15, 0.2) is 6.54 Å². The molecule has 3 N–H and O–H groups in total. The minimum atomic E-state index is 0.196. The fourth-order valence-corrected chi connectivity index (χ4v) is 7.86. The summed E-state index contributed by atoms with van der Waals surface area (Å²) in [6.45, 7) is 5.94. The third-order valence-electron chi connectivity index (χ3n) is 8.62. The van der Waals surface area contributed by atoms with E-state index in [0.29, 0.717) is 5.91 Å². The summed E-state index contributed by atoms with van der Waals surface area (Å²) in [7, 11) is 0. The number of quaternary nitrogens is 2. The molecule has 4 bridgehead atoms. The van der Waals surface area contributed by atoms with Crippen LogP contribution in [-0.4, -0.2) is 50.2 Å². The van der Waals surface area contributed by atoms with Gasteiger partial charge in [0, 0.05) is 18.4 Å². The first-order chi connectivity index (χ1) is 12.7. The van der Waals surface area contributed by atoms with Crippen LogP contribution in [0, 0.1) is 17.8 Å². The quantitative estimate of drug-likeness (QED) is 0.657. The summed E-state index contributed by atoms with van der Waals surface area (Å²) in [6, 6.07) is 0.880. The molecule has 4 nitrogen and oxygen atoms in total. The summed E-state index contributed by atoms with van der Waals surface area (Å²) in [4.78, 5) is 16.3. The second-order valence-corrected chi connectivity index (χ2v) is 10.7. The number of amides is 1. The lowest BCUT2D eigenvalue weighted by Crippen LogP contribution is -3.21. The van der Waals surface area contributed by atoms with E-state index in [1.54, 1.807) is 4.90 Å². The van der Waals surface area contributed by atoms with Gasteiger partial charge >= 0.3 is 0 Å². The van der Waals surface area contributed by atoms with Gasteiger partial charge in [-0.05, 0) is 75.5 Å². The van der Waals surface area contributed by atoms with Gasteiger partial charge in [-0.1, -0.05) is 0 Å². The van der Waals surface area contributed by atoms with E-state index in [-0.39, 0.29) is 5.54 Å². The Hall–Kier alpha value is -0.610. The molecule has 1 amide bonds. The zero-order valence-electron chi connectivity index (χ0n) is 16.5. The molecule has 0 aromatic heterocycles. The van der Waals surface area contributed by atoms with E-state index in [9.17, 15) is 4.79 Å². The fraction of sp³-hybridized carbons (Fsp3) is 0.955. The molecule has 2 heterocycles. The minimum Gasteiger partial charge on any atom is -0.346 e. The number of carbonyl (C=O) groups excluding carboxylic acids is 1. The molecule has 4 saturated carbocycles. The summed E-state index contributed by atoms with van der Waals surface area (Å²) >= 11 is 0. The van der Waals surface area contributed by atoms with Gasteiger partial charge in [0.2, 0.25) is 0 Å². The monoisotopic (exact) mass is 361 g/mol. The smallest absolute Gasteiger partial charge is 0.275 e. The highest BCUT2D eigenvalue weighted by atomic mass is 16.2. The molecule has 26 heavy (non-hydrogen) atoms. The topological polar surface area (TPSA) is 38.0 Å². The zero-order valence-corrected chi connectivity index (χ0v) is 16.5. The Morgan fingerprint density at radius 3 is 2.00 bits per heavy atom. The standard InChI is InChI=1S/C22H37N3O/c26-21(23-22-13-17-10-18(14-22)12-19(11-17)15-22)16-24-8-4-20(5-9-24)25-6-2-1-3-7-25/h17-20H,1-16H2,(H,23,26)/p+2. The van der Waals surface area contributed by atoms with Crippen molar-refractivity contribution in [2.24, 2.45) is 17.8 Å². The molecule has 6 aliphatic rings. The van der Waals surface area contributed by atoms with E-state index in [1.165, 1.54) is 96.8 Å². The molecule has 0 radical (unpaired) electrons.